The zero-order valence-electron chi connectivity index (χ0n) is 18.9. The molecule has 0 fully saturated rings. The first-order valence-corrected chi connectivity index (χ1v) is 12.7. The van der Waals surface area contributed by atoms with Crippen LogP contribution in [0, 0.1) is 18.3 Å². The third-order valence-corrected chi connectivity index (χ3v) is 8.09. The van der Waals surface area contributed by atoms with Gasteiger partial charge in [0, 0.05) is 12.1 Å². The maximum absolute atomic E-state index is 13.1. The first kappa shape index (κ1) is 25.0. The minimum Gasteiger partial charge on any atom is -0.462 e. The number of hydrogen-bond acceptors (Lipinski definition) is 7. The van der Waals surface area contributed by atoms with E-state index in [1.807, 2.05) is 6.07 Å². The summed E-state index contributed by atoms with van der Waals surface area (Å²) in [4.78, 5) is 25.2. The van der Waals surface area contributed by atoms with Crippen LogP contribution in [-0.4, -0.2) is 33.4 Å². The maximum atomic E-state index is 13.1. The van der Waals surface area contributed by atoms with Crippen molar-refractivity contribution in [1.29, 1.82) is 5.26 Å². The monoisotopic (exact) mass is 497 g/mol. The summed E-state index contributed by atoms with van der Waals surface area (Å²) in [6.07, 6.45) is 0. The van der Waals surface area contributed by atoms with Crippen LogP contribution < -0.4 is 9.62 Å². The predicted octanol–water partition coefficient (Wildman–Crippen LogP) is 4.57. The summed E-state index contributed by atoms with van der Waals surface area (Å²) in [5.74, 6) is -1.09. The van der Waals surface area contributed by atoms with E-state index in [2.05, 4.69) is 5.32 Å². The van der Waals surface area contributed by atoms with Gasteiger partial charge in [-0.05, 0) is 62.7 Å². The van der Waals surface area contributed by atoms with Gasteiger partial charge < -0.3 is 10.1 Å². The lowest BCUT2D eigenvalue weighted by Gasteiger charge is -2.23. The molecule has 0 spiro atoms. The van der Waals surface area contributed by atoms with Crippen LogP contribution in [0.2, 0.25) is 0 Å². The number of para-hydroxylation sites is 1. The van der Waals surface area contributed by atoms with Crippen LogP contribution in [0.4, 0.5) is 10.7 Å². The van der Waals surface area contributed by atoms with Crippen molar-refractivity contribution in [2.45, 2.75) is 25.7 Å². The Morgan fingerprint density at radius 1 is 1.09 bits per heavy atom. The third kappa shape index (κ3) is 4.95. The molecule has 1 aromatic heterocycles. The summed E-state index contributed by atoms with van der Waals surface area (Å²) >= 11 is 0.962. The molecular weight excluding hydrogens is 474 g/mol. The van der Waals surface area contributed by atoms with Crippen molar-refractivity contribution in [3.8, 4) is 6.07 Å². The van der Waals surface area contributed by atoms with Gasteiger partial charge in [0.25, 0.3) is 15.9 Å². The van der Waals surface area contributed by atoms with Crippen LogP contribution in [0.25, 0.3) is 0 Å². The second kappa shape index (κ2) is 10.5. The summed E-state index contributed by atoms with van der Waals surface area (Å²) in [5, 5.41) is 12.4. The summed E-state index contributed by atoms with van der Waals surface area (Å²) < 4.78 is 32.5. The van der Waals surface area contributed by atoms with Crippen molar-refractivity contribution in [3.05, 3.63) is 76.2 Å². The minimum atomic E-state index is -3.82. The molecule has 0 atom stereocenters. The van der Waals surface area contributed by atoms with Gasteiger partial charge in [0.1, 0.15) is 15.9 Å². The standard InChI is InChI=1S/C24H23N3O5S2/c1-4-27(18-9-7-6-8-10-18)34(30,31)19-13-11-17(12-14-19)22(28)26-23-20(15-25)16(3)21(33-23)24(29)32-5-2/h6-14H,4-5H2,1-3H3,(H,26,28). The Bertz CT molecular complexity index is 1340. The number of nitrogens with one attached hydrogen (secondary N) is 1. The highest BCUT2D eigenvalue weighted by Crippen LogP contribution is 2.33. The van der Waals surface area contributed by atoms with E-state index in [1.165, 1.54) is 28.6 Å². The van der Waals surface area contributed by atoms with Crippen molar-refractivity contribution < 1.29 is 22.7 Å². The van der Waals surface area contributed by atoms with Crippen molar-refractivity contribution in [3.63, 3.8) is 0 Å². The van der Waals surface area contributed by atoms with Crippen molar-refractivity contribution >= 4 is 43.9 Å². The first-order chi connectivity index (χ1) is 16.2. The van der Waals surface area contributed by atoms with Crippen LogP contribution in [0.3, 0.4) is 0 Å². The molecule has 0 radical (unpaired) electrons. The highest BCUT2D eigenvalue weighted by molar-refractivity contribution is 7.92. The summed E-state index contributed by atoms with van der Waals surface area (Å²) in [7, 11) is -3.82. The lowest BCUT2D eigenvalue weighted by atomic mass is 10.1. The second-order valence-corrected chi connectivity index (χ2v) is 9.96. The van der Waals surface area contributed by atoms with Gasteiger partial charge in [-0.25, -0.2) is 13.2 Å². The molecule has 1 amide bonds. The van der Waals surface area contributed by atoms with E-state index >= 15 is 0 Å². The predicted molar refractivity (Wildman–Crippen MR) is 131 cm³/mol. The molecule has 1 N–H and O–H groups in total. The Hall–Kier alpha value is -3.68. The molecule has 2 aromatic carbocycles. The fraction of sp³-hybridized carbons (Fsp3) is 0.208. The Balaban J connectivity index is 1.84. The molecule has 10 heteroatoms. The van der Waals surface area contributed by atoms with E-state index in [0.29, 0.717) is 11.3 Å². The molecular formula is C24H23N3O5S2. The van der Waals surface area contributed by atoms with Crippen LogP contribution >= 0.6 is 11.3 Å². The number of amides is 1. The van der Waals surface area contributed by atoms with Crippen LogP contribution in [0.5, 0.6) is 0 Å². The lowest BCUT2D eigenvalue weighted by molar-refractivity contribution is 0.0531. The molecule has 0 saturated carbocycles. The number of nitriles is 1. The van der Waals surface area contributed by atoms with Gasteiger partial charge in [-0.1, -0.05) is 18.2 Å². The number of esters is 1. The Morgan fingerprint density at radius 2 is 1.74 bits per heavy atom. The molecule has 3 aromatic rings. The third-order valence-electron chi connectivity index (χ3n) is 4.98. The molecule has 0 aliphatic heterocycles. The Morgan fingerprint density at radius 3 is 2.29 bits per heavy atom. The number of rotatable bonds is 8. The van der Waals surface area contributed by atoms with E-state index in [-0.39, 0.29) is 39.1 Å². The van der Waals surface area contributed by atoms with Crippen LogP contribution in [0.15, 0.2) is 59.5 Å². The number of carbonyl (C=O) groups excluding carboxylic acids is 2. The smallest absolute Gasteiger partial charge is 0.348 e. The number of benzene rings is 2. The van der Waals surface area contributed by atoms with Gasteiger partial charge in [0.2, 0.25) is 0 Å². The van der Waals surface area contributed by atoms with Crippen molar-refractivity contribution in [1.82, 2.24) is 0 Å². The maximum Gasteiger partial charge on any atom is 0.348 e. The minimum absolute atomic E-state index is 0.0454. The van der Waals surface area contributed by atoms with Gasteiger partial charge in [-0.2, -0.15) is 5.26 Å². The highest BCUT2D eigenvalue weighted by atomic mass is 32.2. The van der Waals surface area contributed by atoms with Gasteiger partial charge in [-0.3, -0.25) is 9.10 Å². The zero-order valence-corrected chi connectivity index (χ0v) is 20.5. The molecule has 0 unspecified atom stereocenters. The molecule has 34 heavy (non-hydrogen) atoms. The number of nitrogens with zero attached hydrogens (tertiary/aromatic N) is 2. The lowest BCUT2D eigenvalue weighted by Crippen LogP contribution is -2.30. The molecule has 0 aliphatic rings. The summed E-state index contributed by atoms with van der Waals surface area (Å²) in [6, 6.07) is 16.3. The van der Waals surface area contributed by atoms with Crippen LogP contribution in [-0.2, 0) is 14.8 Å². The average molecular weight is 498 g/mol. The van der Waals surface area contributed by atoms with E-state index < -0.39 is 21.9 Å². The molecule has 0 aliphatic carbocycles. The van der Waals surface area contributed by atoms with Crippen LogP contribution in [0.1, 0.15) is 45.0 Å². The fourth-order valence-electron chi connectivity index (χ4n) is 3.29. The fourth-order valence-corrected chi connectivity index (χ4v) is 5.81. The topological polar surface area (TPSA) is 117 Å². The second-order valence-electron chi connectivity index (χ2n) is 7.08. The zero-order chi connectivity index (χ0) is 24.9. The normalized spacial score (nSPS) is 10.9. The van der Waals surface area contributed by atoms with E-state index in [1.54, 1.807) is 51.1 Å². The molecule has 3 rings (SSSR count). The number of thiophene rings is 1. The number of sulfonamides is 1. The first-order valence-electron chi connectivity index (χ1n) is 10.4. The van der Waals surface area contributed by atoms with Gasteiger partial charge in [0.05, 0.1) is 22.8 Å². The van der Waals surface area contributed by atoms with Gasteiger partial charge in [-0.15, -0.1) is 11.3 Å². The number of hydrogen-bond donors (Lipinski definition) is 1. The Labute approximate surface area is 202 Å². The SMILES string of the molecule is CCOC(=O)c1sc(NC(=O)c2ccc(S(=O)(=O)N(CC)c3ccccc3)cc2)c(C#N)c1C. The highest BCUT2D eigenvalue weighted by Gasteiger charge is 2.25. The van der Waals surface area contributed by atoms with E-state index in [4.69, 9.17) is 4.74 Å². The molecule has 1 heterocycles. The van der Waals surface area contributed by atoms with E-state index in [0.717, 1.165) is 11.3 Å². The number of ether oxygens (including phenoxy) is 1. The largest absolute Gasteiger partial charge is 0.462 e. The molecule has 0 saturated heterocycles. The van der Waals surface area contributed by atoms with Gasteiger partial charge in [0.15, 0.2) is 0 Å². The number of carbonyl (C=O) groups is 2. The Kier molecular flexibility index (Phi) is 7.71. The van der Waals surface area contributed by atoms with Crippen molar-refractivity contribution in [2.75, 3.05) is 22.8 Å². The molecule has 8 nitrogen and oxygen atoms in total. The van der Waals surface area contributed by atoms with E-state index in [9.17, 15) is 23.3 Å². The average Bonchev–Trinajstić information content (AvgIpc) is 3.15. The quantitative estimate of drug-likeness (QED) is 0.456. The summed E-state index contributed by atoms with van der Waals surface area (Å²) in [6.45, 7) is 5.47. The molecule has 176 valence electrons. The summed E-state index contributed by atoms with van der Waals surface area (Å²) in [5.41, 5.74) is 1.36. The molecule has 0 bridgehead atoms. The number of anilines is 2. The van der Waals surface area contributed by atoms with Gasteiger partial charge >= 0.3 is 5.97 Å². The van der Waals surface area contributed by atoms with Crippen molar-refractivity contribution in [2.24, 2.45) is 0 Å².